The van der Waals surface area contributed by atoms with E-state index in [4.69, 9.17) is 14.2 Å². The van der Waals surface area contributed by atoms with Gasteiger partial charge >= 0.3 is 0 Å². The van der Waals surface area contributed by atoms with Crippen LogP contribution in [-0.4, -0.2) is 50.1 Å². The maximum atomic E-state index is 13.4. The van der Waals surface area contributed by atoms with Crippen LogP contribution in [-0.2, 0) is 22.6 Å². The highest BCUT2D eigenvalue weighted by Crippen LogP contribution is 2.28. The summed E-state index contributed by atoms with van der Waals surface area (Å²) in [6, 6.07) is 12.7. The van der Waals surface area contributed by atoms with Gasteiger partial charge in [0.2, 0.25) is 11.8 Å². The lowest BCUT2D eigenvalue weighted by Crippen LogP contribution is -2.50. The lowest BCUT2D eigenvalue weighted by Gasteiger charge is -2.31. The monoisotopic (exact) mass is 470 g/mol. The minimum atomic E-state index is -0.547. The van der Waals surface area contributed by atoms with Crippen molar-refractivity contribution in [2.45, 2.75) is 65.1 Å². The Morgan fingerprint density at radius 1 is 0.882 bits per heavy atom. The summed E-state index contributed by atoms with van der Waals surface area (Å²) >= 11 is 0. The molecule has 0 radical (unpaired) electrons. The second-order valence-corrected chi connectivity index (χ2v) is 8.30. The van der Waals surface area contributed by atoms with Crippen molar-refractivity contribution >= 4 is 11.8 Å². The molecule has 1 N–H and O–H groups in total. The standard InChI is InChI=1S/C27H38N2O5/c1-7-19(3)28-27(31)23(8-2)29(18-21-9-13-22(32-4)14-10-21)26(30)16-12-20-11-15-24(33-5)25(17-20)34-6/h9-11,13-15,17,19,23H,7-8,12,16,18H2,1-6H3,(H,28,31). The van der Waals surface area contributed by atoms with E-state index in [1.54, 1.807) is 26.2 Å². The molecule has 0 saturated carbocycles. The normalized spacial score (nSPS) is 12.4. The summed E-state index contributed by atoms with van der Waals surface area (Å²) in [7, 11) is 4.80. The number of rotatable bonds is 13. The van der Waals surface area contributed by atoms with Crippen molar-refractivity contribution in [2.24, 2.45) is 0 Å². The first kappa shape index (κ1) is 27.0. The van der Waals surface area contributed by atoms with E-state index in [2.05, 4.69) is 5.32 Å². The molecule has 2 aromatic carbocycles. The van der Waals surface area contributed by atoms with Gasteiger partial charge in [0.05, 0.1) is 21.3 Å². The van der Waals surface area contributed by atoms with Crippen LogP contribution in [0.1, 0.15) is 51.2 Å². The van der Waals surface area contributed by atoms with Crippen LogP contribution >= 0.6 is 0 Å². The molecule has 186 valence electrons. The van der Waals surface area contributed by atoms with Crippen LogP contribution < -0.4 is 19.5 Å². The number of ether oxygens (including phenoxy) is 3. The molecule has 2 aromatic rings. The van der Waals surface area contributed by atoms with E-state index in [-0.39, 0.29) is 24.3 Å². The van der Waals surface area contributed by atoms with Gasteiger partial charge in [0.25, 0.3) is 0 Å². The first-order chi connectivity index (χ1) is 16.4. The number of nitrogens with zero attached hydrogens (tertiary/aromatic N) is 1. The van der Waals surface area contributed by atoms with Gasteiger partial charge in [-0.25, -0.2) is 0 Å². The van der Waals surface area contributed by atoms with Gasteiger partial charge in [0, 0.05) is 19.0 Å². The third-order valence-corrected chi connectivity index (χ3v) is 5.97. The highest BCUT2D eigenvalue weighted by atomic mass is 16.5. The van der Waals surface area contributed by atoms with Crippen molar-refractivity contribution in [3.05, 3.63) is 53.6 Å². The molecule has 0 aliphatic heterocycles. The van der Waals surface area contributed by atoms with Gasteiger partial charge in [-0.05, 0) is 61.6 Å². The summed E-state index contributed by atoms with van der Waals surface area (Å²) in [6.07, 6.45) is 2.16. The minimum Gasteiger partial charge on any atom is -0.497 e. The summed E-state index contributed by atoms with van der Waals surface area (Å²) in [5, 5.41) is 3.04. The molecule has 0 spiro atoms. The quantitative estimate of drug-likeness (QED) is 0.471. The zero-order valence-electron chi connectivity index (χ0n) is 21.2. The number of amides is 2. The van der Waals surface area contributed by atoms with Crippen LogP contribution in [0, 0.1) is 0 Å². The molecule has 0 fully saturated rings. The SMILES string of the molecule is CCC(C)NC(=O)C(CC)N(Cc1ccc(OC)cc1)C(=O)CCc1ccc(OC)c(OC)c1. The number of carbonyl (C=O) groups is 2. The third kappa shape index (κ3) is 7.40. The van der Waals surface area contributed by atoms with E-state index in [1.807, 2.05) is 63.2 Å². The summed E-state index contributed by atoms with van der Waals surface area (Å²) in [5.41, 5.74) is 1.91. The Labute approximate surface area is 203 Å². The largest absolute Gasteiger partial charge is 0.497 e. The maximum Gasteiger partial charge on any atom is 0.243 e. The number of aryl methyl sites for hydroxylation is 1. The van der Waals surface area contributed by atoms with Crippen LogP contribution in [0.5, 0.6) is 17.2 Å². The Kier molecular flexibility index (Phi) is 10.7. The number of benzene rings is 2. The van der Waals surface area contributed by atoms with Crippen molar-refractivity contribution in [1.29, 1.82) is 0 Å². The topological polar surface area (TPSA) is 77.1 Å². The Balaban J connectivity index is 2.23. The molecule has 2 amide bonds. The summed E-state index contributed by atoms with van der Waals surface area (Å²) < 4.78 is 15.9. The van der Waals surface area contributed by atoms with Crippen LogP contribution in [0.25, 0.3) is 0 Å². The van der Waals surface area contributed by atoms with Crippen molar-refractivity contribution in [2.75, 3.05) is 21.3 Å². The molecular formula is C27H38N2O5. The van der Waals surface area contributed by atoms with Gasteiger partial charge in [-0.2, -0.15) is 0 Å². The van der Waals surface area contributed by atoms with Crippen LogP contribution in [0.15, 0.2) is 42.5 Å². The molecule has 0 aliphatic rings. The highest BCUT2D eigenvalue weighted by molar-refractivity contribution is 5.88. The van der Waals surface area contributed by atoms with Crippen molar-refractivity contribution < 1.29 is 23.8 Å². The van der Waals surface area contributed by atoms with Crippen LogP contribution in [0.2, 0.25) is 0 Å². The summed E-state index contributed by atoms with van der Waals surface area (Å²) in [4.78, 5) is 28.2. The summed E-state index contributed by atoms with van der Waals surface area (Å²) in [6.45, 7) is 6.28. The average Bonchev–Trinajstić information content (AvgIpc) is 2.87. The molecule has 0 saturated heterocycles. The molecule has 7 nitrogen and oxygen atoms in total. The molecule has 7 heteroatoms. The van der Waals surface area contributed by atoms with Gasteiger partial charge < -0.3 is 24.4 Å². The van der Waals surface area contributed by atoms with Crippen molar-refractivity contribution in [3.63, 3.8) is 0 Å². The second-order valence-electron chi connectivity index (χ2n) is 8.30. The lowest BCUT2D eigenvalue weighted by atomic mass is 10.1. The molecule has 0 aromatic heterocycles. The van der Waals surface area contributed by atoms with Crippen LogP contribution in [0.4, 0.5) is 0 Å². The highest BCUT2D eigenvalue weighted by Gasteiger charge is 2.29. The van der Waals surface area contributed by atoms with Gasteiger partial charge in [-0.15, -0.1) is 0 Å². The molecule has 0 aliphatic carbocycles. The fourth-order valence-corrected chi connectivity index (χ4v) is 3.72. The molecule has 2 unspecified atom stereocenters. The third-order valence-electron chi connectivity index (χ3n) is 5.97. The lowest BCUT2D eigenvalue weighted by molar-refractivity contribution is -0.141. The molecule has 34 heavy (non-hydrogen) atoms. The molecule has 0 bridgehead atoms. The van der Waals surface area contributed by atoms with E-state index in [1.165, 1.54) is 0 Å². The Morgan fingerprint density at radius 2 is 1.53 bits per heavy atom. The minimum absolute atomic E-state index is 0.0475. The molecular weight excluding hydrogens is 432 g/mol. The Morgan fingerprint density at radius 3 is 2.09 bits per heavy atom. The number of hydrogen-bond donors (Lipinski definition) is 1. The predicted octanol–water partition coefficient (Wildman–Crippen LogP) is 4.37. The van der Waals surface area contributed by atoms with Gasteiger partial charge in [-0.1, -0.05) is 32.0 Å². The first-order valence-electron chi connectivity index (χ1n) is 11.8. The Hall–Kier alpha value is -3.22. The van der Waals surface area contributed by atoms with Gasteiger partial charge in [0.15, 0.2) is 11.5 Å². The van der Waals surface area contributed by atoms with Crippen molar-refractivity contribution in [1.82, 2.24) is 10.2 Å². The van der Waals surface area contributed by atoms with E-state index < -0.39 is 6.04 Å². The maximum absolute atomic E-state index is 13.4. The second kappa shape index (κ2) is 13.5. The number of hydrogen-bond acceptors (Lipinski definition) is 5. The molecule has 2 atom stereocenters. The smallest absolute Gasteiger partial charge is 0.243 e. The van der Waals surface area contributed by atoms with Crippen molar-refractivity contribution in [3.8, 4) is 17.2 Å². The predicted molar refractivity (Wildman–Crippen MR) is 133 cm³/mol. The van der Waals surface area contributed by atoms with Gasteiger partial charge in [0.1, 0.15) is 11.8 Å². The first-order valence-corrected chi connectivity index (χ1v) is 11.8. The zero-order valence-corrected chi connectivity index (χ0v) is 21.2. The van der Waals surface area contributed by atoms with E-state index in [9.17, 15) is 9.59 Å². The molecule has 2 rings (SSSR count). The fraction of sp³-hybridized carbons (Fsp3) is 0.481. The fourth-order valence-electron chi connectivity index (χ4n) is 3.72. The molecule has 0 heterocycles. The number of nitrogens with one attached hydrogen (secondary N) is 1. The van der Waals surface area contributed by atoms with Crippen LogP contribution in [0.3, 0.4) is 0 Å². The van der Waals surface area contributed by atoms with E-state index in [0.717, 1.165) is 23.3 Å². The average molecular weight is 471 g/mol. The van der Waals surface area contributed by atoms with Gasteiger partial charge in [-0.3, -0.25) is 9.59 Å². The summed E-state index contributed by atoms with van der Waals surface area (Å²) in [5.74, 6) is 1.83. The zero-order chi connectivity index (χ0) is 25.1. The van der Waals surface area contributed by atoms with E-state index >= 15 is 0 Å². The number of carbonyl (C=O) groups excluding carboxylic acids is 2. The Bertz CT molecular complexity index is 929. The van der Waals surface area contributed by atoms with E-state index in [0.29, 0.717) is 30.9 Å². The number of methoxy groups -OCH3 is 3.